The first kappa shape index (κ1) is 18.1. The minimum Gasteiger partial charge on any atom is -0.465 e. The average molecular weight is 374 g/mol. The number of nitrogens with zero attached hydrogens (tertiary/aromatic N) is 4. The lowest BCUT2D eigenvalue weighted by atomic mass is 10.00. The molecule has 0 aliphatic carbocycles. The number of hydrogen-bond donors (Lipinski definition) is 1. The summed E-state index contributed by atoms with van der Waals surface area (Å²) in [6, 6.07) is 19.7. The smallest absolute Gasteiger partial charge is 0.413 e. The van der Waals surface area contributed by atoms with Crippen molar-refractivity contribution >= 4 is 11.9 Å². The highest BCUT2D eigenvalue weighted by molar-refractivity contribution is 5.88. The van der Waals surface area contributed by atoms with Crippen LogP contribution in [0.4, 0.5) is 10.6 Å². The first-order valence-corrected chi connectivity index (χ1v) is 9.26. The minimum atomic E-state index is -1.00. The highest BCUT2D eigenvalue weighted by Gasteiger charge is 2.34. The molecule has 1 atom stereocenters. The number of aromatic nitrogens is 2. The van der Waals surface area contributed by atoms with Crippen LogP contribution in [-0.2, 0) is 0 Å². The Hall–Kier alpha value is -3.25. The Morgan fingerprint density at radius 2 is 1.50 bits per heavy atom. The molecule has 6 heteroatoms. The molecule has 6 nitrogen and oxygen atoms in total. The molecule has 0 fully saturated rings. The average Bonchev–Trinajstić information content (AvgIpc) is 2.73. The zero-order valence-corrected chi connectivity index (χ0v) is 15.9. The summed E-state index contributed by atoms with van der Waals surface area (Å²) in [7, 11) is 3.97. The number of fused-ring (bicyclic) bond motifs is 1. The lowest BCUT2D eigenvalue weighted by molar-refractivity contribution is 0.197. The molecule has 0 spiro atoms. The van der Waals surface area contributed by atoms with Gasteiger partial charge in [0, 0.05) is 17.7 Å². The van der Waals surface area contributed by atoms with E-state index in [4.69, 9.17) is 9.97 Å². The summed E-state index contributed by atoms with van der Waals surface area (Å²) in [5.74, 6) is 0.427. The van der Waals surface area contributed by atoms with Gasteiger partial charge in [-0.05, 0) is 20.5 Å². The molecule has 4 rings (SSSR count). The Labute approximate surface area is 164 Å². The van der Waals surface area contributed by atoms with Crippen molar-refractivity contribution in [1.29, 1.82) is 0 Å². The van der Waals surface area contributed by atoms with Crippen molar-refractivity contribution in [2.75, 3.05) is 25.5 Å². The van der Waals surface area contributed by atoms with Crippen LogP contribution in [0.25, 0.3) is 22.5 Å². The fourth-order valence-corrected chi connectivity index (χ4v) is 3.64. The van der Waals surface area contributed by atoms with Crippen LogP contribution < -0.4 is 4.90 Å². The van der Waals surface area contributed by atoms with Gasteiger partial charge in [0.05, 0.1) is 17.4 Å². The molecule has 1 aliphatic rings. The first-order chi connectivity index (χ1) is 13.6. The maximum atomic E-state index is 11.8. The van der Waals surface area contributed by atoms with Gasteiger partial charge < -0.3 is 10.0 Å². The van der Waals surface area contributed by atoms with E-state index in [1.807, 2.05) is 74.8 Å². The highest BCUT2D eigenvalue weighted by Crippen LogP contribution is 2.39. The van der Waals surface area contributed by atoms with Crippen LogP contribution in [0.3, 0.4) is 0 Å². The molecule has 1 unspecified atom stereocenters. The number of hydrogen-bond acceptors (Lipinski definition) is 4. The highest BCUT2D eigenvalue weighted by atomic mass is 16.4. The van der Waals surface area contributed by atoms with Crippen LogP contribution in [-0.4, -0.2) is 46.7 Å². The fourth-order valence-electron chi connectivity index (χ4n) is 3.64. The lowest BCUT2D eigenvalue weighted by Gasteiger charge is -2.34. The van der Waals surface area contributed by atoms with E-state index in [9.17, 15) is 9.90 Å². The van der Waals surface area contributed by atoms with Gasteiger partial charge in [0.2, 0.25) is 0 Å². The van der Waals surface area contributed by atoms with E-state index < -0.39 is 6.09 Å². The summed E-state index contributed by atoms with van der Waals surface area (Å²) in [6.45, 7) is 0.402. The molecule has 3 aromatic rings. The van der Waals surface area contributed by atoms with Gasteiger partial charge in [-0.2, -0.15) is 0 Å². The molecule has 2 heterocycles. The predicted molar refractivity (Wildman–Crippen MR) is 109 cm³/mol. The van der Waals surface area contributed by atoms with E-state index >= 15 is 0 Å². The maximum absolute atomic E-state index is 11.8. The van der Waals surface area contributed by atoms with Gasteiger partial charge in [0.1, 0.15) is 5.69 Å². The molecule has 2 aromatic carbocycles. The third-order valence-corrected chi connectivity index (χ3v) is 5.05. The van der Waals surface area contributed by atoms with Crippen LogP contribution in [0, 0.1) is 0 Å². The molecular formula is C22H22N4O2. The Bertz CT molecular complexity index is 990. The normalized spacial score (nSPS) is 16.1. The molecule has 1 amide bonds. The lowest BCUT2D eigenvalue weighted by Crippen LogP contribution is -2.40. The summed E-state index contributed by atoms with van der Waals surface area (Å²) in [4.78, 5) is 25.1. The minimum absolute atomic E-state index is 0.0189. The molecular weight excluding hydrogens is 352 g/mol. The van der Waals surface area contributed by atoms with E-state index in [2.05, 4.69) is 4.90 Å². The quantitative estimate of drug-likeness (QED) is 0.740. The number of rotatable bonds is 3. The van der Waals surface area contributed by atoms with E-state index in [1.165, 1.54) is 4.90 Å². The predicted octanol–water partition coefficient (Wildman–Crippen LogP) is 4.30. The number of benzene rings is 2. The van der Waals surface area contributed by atoms with Gasteiger partial charge >= 0.3 is 6.09 Å². The second-order valence-corrected chi connectivity index (χ2v) is 7.06. The SMILES string of the molecule is CN(C)C1CCN(C(=O)O)c2nc(-c3ccccc3)c(-c3ccccc3)nc21. The van der Waals surface area contributed by atoms with Gasteiger partial charge in [0.15, 0.2) is 5.82 Å². The number of carboxylic acid groups (broad SMARTS) is 1. The fraction of sp³-hybridized carbons (Fsp3) is 0.227. The standard InChI is InChI=1S/C22H22N4O2/c1-25(2)17-13-14-26(22(27)28)21-20(17)23-18(15-9-5-3-6-10-15)19(24-21)16-11-7-4-8-12-16/h3-12,17H,13-14H2,1-2H3,(H,27,28). The van der Waals surface area contributed by atoms with E-state index in [-0.39, 0.29) is 6.04 Å². The molecule has 0 bridgehead atoms. The molecule has 142 valence electrons. The van der Waals surface area contributed by atoms with Crippen molar-refractivity contribution in [2.24, 2.45) is 0 Å². The first-order valence-electron chi connectivity index (χ1n) is 9.26. The van der Waals surface area contributed by atoms with Gasteiger partial charge in [-0.3, -0.25) is 4.90 Å². The Morgan fingerprint density at radius 3 is 2.00 bits per heavy atom. The Kier molecular flexibility index (Phi) is 4.79. The van der Waals surface area contributed by atoms with Crippen molar-refractivity contribution in [2.45, 2.75) is 12.5 Å². The summed E-state index contributed by atoms with van der Waals surface area (Å²) in [5.41, 5.74) is 4.04. The Balaban J connectivity index is 2.00. The molecule has 0 radical (unpaired) electrons. The van der Waals surface area contributed by atoms with Crippen LogP contribution in [0.1, 0.15) is 18.2 Å². The second kappa shape index (κ2) is 7.40. The largest absolute Gasteiger partial charge is 0.465 e. The molecule has 1 aromatic heterocycles. The topological polar surface area (TPSA) is 69.6 Å². The summed E-state index contributed by atoms with van der Waals surface area (Å²) in [5, 5.41) is 9.70. The van der Waals surface area contributed by atoms with Crippen molar-refractivity contribution in [3.05, 3.63) is 66.4 Å². The van der Waals surface area contributed by atoms with E-state index in [0.717, 1.165) is 16.8 Å². The van der Waals surface area contributed by atoms with Gasteiger partial charge in [-0.15, -0.1) is 0 Å². The monoisotopic (exact) mass is 374 g/mol. The van der Waals surface area contributed by atoms with Crippen LogP contribution in [0.15, 0.2) is 60.7 Å². The van der Waals surface area contributed by atoms with Crippen LogP contribution in [0.2, 0.25) is 0 Å². The second-order valence-electron chi connectivity index (χ2n) is 7.06. The molecule has 28 heavy (non-hydrogen) atoms. The zero-order chi connectivity index (χ0) is 19.7. The van der Waals surface area contributed by atoms with Crippen molar-refractivity contribution < 1.29 is 9.90 Å². The third-order valence-electron chi connectivity index (χ3n) is 5.05. The van der Waals surface area contributed by atoms with Crippen LogP contribution >= 0.6 is 0 Å². The summed E-state index contributed by atoms with van der Waals surface area (Å²) >= 11 is 0. The zero-order valence-electron chi connectivity index (χ0n) is 15.9. The molecule has 1 aliphatic heterocycles. The van der Waals surface area contributed by atoms with Crippen molar-refractivity contribution in [3.63, 3.8) is 0 Å². The van der Waals surface area contributed by atoms with Crippen LogP contribution in [0.5, 0.6) is 0 Å². The van der Waals surface area contributed by atoms with Gasteiger partial charge in [-0.25, -0.2) is 14.8 Å². The number of carbonyl (C=O) groups is 1. The maximum Gasteiger partial charge on any atom is 0.413 e. The van der Waals surface area contributed by atoms with E-state index in [1.54, 1.807) is 0 Å². The Morgan fingerprint density at radius 1 is 0.964 bits per heavy atom. The van der Waals surface area contributed by atoms with Gasteiger partial charge in [0.25, 0.3) is 0 Å². The van der Waals surface area contributed by atoms with Gasteiger partial charge in [-0.1, -0.05) is 60.7 Å². The summed E-state index contributed by atoms with van der Waals surface area (Å²) < 4.78 is 0. The van der Waals surface area contributed by atoms with Crippen molar-refractivity contribution in [3.8, 4) is 22.5 Å². The number of amides is 1. The third kappa shape index (κ3) is 3.23. The number of anilines is 1. The summed E-state index contributed by atoms with van der Waals surface area (Å²) in [6.07, 6.45) is -0.320. The van der Waals surface area contributed by atoms with Crippen molar-refractivity contribution in [1.82, 2.24) is 14.9 Å². The molecule has 1 N–H and O–H groups in total. The molecule has 0 saturated carbocycles. The van der Waals surface area contributed by atoms with E-state index in [0.29, 0.717) is 30.2 Å². The molecule has 0 saturated heterocycles.